The van der Waals surface area contributed by atoms with Gasteiger partial charge in [0.2, 0.25) is 0 Å². The van der Waals surface area contributed by atoms with Crippen molar-refractivity contribution >= 4 is 45.6 Å². The second-order valence-corrected chi connectivity index (χ2v) is 5.92. The van der Waals surface area contributed by atoms with Crippen molar-refractivity contribution in [3.8, 4) is 5.75 Å². The number of esters is 1. The van der Waals surface area contributed by atoms with Gasteiger partial charge >= 0.3 is 5.97 Å². The van der Waals surface area contributed by atoms with Crippen LogP contribution in [-0.2, 0) is 16.0 Å². The fourth-order valence-corrected chi connectivity index (χ4v) is 2.75. The Labute approximate surface area is 147 Å². The number of ether oxygens (including phenoxy) is 2. The van der Waals surface area contributed by atoms with E-state index in [4.69, 9.17) is 26.8 Å². The number of halogens is 1. The number of nitrogen functional groups attached to an aromatic ring is 1. The van der Waals surface area contributed by atoms with Gasteiger partial charge < -0.3 is 15.2 Å². The zero-order chi connectivity index (χ0) is 17.7. The predicted molar refractivity (Wildman–Crippen MR) is 92.8 cm³/mol. The maximum absolute atomic E-state index is 12.4. The first-order valence-electron chi connectivity index (χ1n) is 6.99. The fraction of sp³-hybridized carbons (Fsp3) is 0.267. The molecule has 2 aromatic rings. The number of thiazole rings is 1. The summed E-state index contributed by atoms with van der Waals surface area (Å²) < 4.78 is 10.0. The molecule has 0 aliphatic heterocycles. The first-order chi connectivity index (χ1) is 11.4. The zero-order valence-electron chi connectivity index (χ0n) is 13.1. The van der Waals surface area contributed by atoms with Crippen molar-refractivity contribution in [3.63, 3.8) is 0 Å². The van der Waals surface area contributed by atoms with Gasteiger partial charge in [-0.3, -0.25) is 14.9 Å². The molecular weight excluding hydrogens is 354 g/mol. The second kappa shape index (κ2) is 7.98. The van der Waals surface area contributed by atoms with Gasteiger partial charge in [-0.2, -0.15) is 0 Å². The van der Waals surface area contributed by atoms with E-state index in [0.29, 0.717) is 28.9 Å². The van der Waals surface area contributed by atoms with Gasteiger partial charge in [0.1, 0.15) is 5.75 Å². The number of rotatable bonds is 6. The van der Waals surface area contributed by atoms with Crippen molar-refractivity contribution in [2.24, 2.45) is 0 Å². The standard InChI is InChI=1S/C15H16ClN3O4S/c1-3-23-13(20)4-8-7-24-15(18-8)19-14(21)9-5-10(16)11(17)6-12(9)22-2/h5-7H,3-4,17H2,1-2H3,(H,18,19,21). The Bertz CT molecular complexity index is 763. The van der Waals surface area contributed by atoms with Crippen LogP contribution in [0.2, 0.25) is 5.02 Å². The number of hydrogen-bond donors (Lipinski definition) is 2. The van der Waals surface area contributed by atoms with Crippen LogP contribution in [0.1, 0.15) is 23.0 Å². The highest BCUT2D eigenvalue weighted by molar-refractivity contribution is 7.14. The normalized spacial score (nSPS) is 10.3. The monoisotopic (exact) mass is 369 g/mol. The smallest absolute Gasteiger partial charge is 0.311 e. The Kier molecular flexibility index (Phi) is 5.99. The van der Waals surface area contributed by atoms with Crippen molar-refractivity contribution < 1.29 is 19.1 Å². The van der Waals surface area contributed by atoms with E-state index < -0.39 is 5.91 Å². The third-order valence-corrected chi connectivity index (χ3v) is 4.10. The van der Waals surface area contributed by atoms with E-state index in [1.165, 1.54) is 30.6 Å². The van der Waals surface area contributed by atoms with Gasteiger partial charge in [-0.05, 0) is 13.0 Å². The molecule has 1 aromatic carbocycles. The molecule has 9 heteroatoms. The molecule has 0 unspecified atom stereocenters. The first kappa shape index (κ1) is 18.0. The molecule has 0 fully saturated rings. The molecule has 1 amide bonds. The van der Waals surface area contributed by atoms with Gasteiger partial charge in [0.25, 0.3) is 5.91 Å². The van der Waals surface area contributed by atoms with Crippen LogP contribution in [-0.4, -0.2) is 30.6 Å². The summed E-state index contributed by atoms with van der Waals surface area (Å²) in [6, 6.07) is 2.91. The lowest BCUT2D eigenvalue weighted by molar-refractivity contribution is -0.142. The number of carbonyl (C=O) groups excluding carboxylic acids is 2. The number of carbonyl (C=O) groups is 2. The molecule has 7 nitrogen and oxygen atoms in total. The number of methoxy groups -OCH3 is 1. The third kappa shape index (κ3) is 4.36. The average molecular weight is 370 g/mol. The van der Waals surface area contributed by atoms with Crippen molar-refractivity contribution in [1.29, 1.82) is 0 Å². The van der Waals surface area contributed by atoms with E-state index in [0.717, 1.165) is 0 Å². The topological polar surface area (TPSA) is 104 Å². The molecule has 128 valence electrons. The molecule has 0 bridgehead atoms. The van der Waals surface area contributed by atoms with Gasteiger partial charge in [0, 0.05) is 11.4 Å². The fourth-order valence-electron chi connectivity index (χ4n) is 1.89. The van der Waals surface area contributed by atoms with E-state index in [1.54, 1.807) is 12.3 Å². The Balaban J connectivity index is 2.12. The molecule has 0 radical (unpaired) electrons. The lowest BCUT2D eigenvalue weighted by Crippen LogP contribution is -2.14. The van der Waals surface area contributed by atoms with E-state index in [-0.39, 0.29) is 23.0 Å². The van der Waals surface area contributed by atoms with Gasteiger partial charge in [0.15, 0.2) is 5.13 Å². The average Bonchev–Trinajstić information content (AvgIpc) is 2.96. The number of nitrogens with two attached hydrogens (primary N) is 1. The number of anilines is 2. The highest BCUT2D eigenvalue weighted by Gasteiger charge is 2.17. The molecule has 0 atom stereocenters. The second-order valence-electron chi connectivity index (χ2n) is 4.65. The summed E-state index contributed by atoms with van der Waals surface area (Å²) in [4.78, 5) is 28.0. The summed E-state index contributed by atoms with van der Waals surface area (Å²) in [6.45, 7) is 2.04. The molecule has 0 saturated carbocycles. The van der Waals surface area contributed by atoms with Crippen LogP contribution in [0.25, 0.3) is 0 Å². The number of hydrogen-bond acceptors (Lipinski definition) is 7. The van der Waals surface area contributed by atoms with Crippen LogP contribution in [0, 0.1) is 0 Å². The van der Waals surface area contributed by atoms with E-state index >= 15 is 0 Å². The number of nitrogens with zero attached hydrogens (tertiary/aromatic N) is 1. The Hall–Kier alpha value is -2.32. The molecular formula is C15H16ClN3O4S. The van der Waals surface area contributed by atoms with Gasteiger partial charge in [-0.15, -0.1) is 11.3 Å². The third-order valence-electron chi connectivity index (χ3n) is 2.97. The zero-order valence-corrected chi connectivity index (χ0v) is 14.7. The van der Waals surface area contributed by atoms with Gasteiger partial charge in [0.05, 0.1) is 42.1 Å². The minimum atomic E-state index is -0.439. The van der Waals surface area contributed by atoms with Crippen molar-refractivity contribution in [1.82, 2.24) is 4.98 Å². The molecule has 0 aliphatic rings. The number of aromatic nitrogens is 1. The number of benzene rings is 1. The number of nitrogens with one attached hydrogen (secondary N) is 1. The minimum Gasteiger partial charge on any atom is -0.496 e. The summed E-state index contributed by atoms with van der Waals surface area (Å²) in [5.41, 5.74) is 6.77. The van der Waals surface area contributed by atoms with Gasteiger partial charge in [-0.1, -0.05) is 11.6 Å². The van der Waals surface area contributed by atoms with Gasteiger partial charge in [-0.25, -0.2) is 4.98 Å². The molecule has 0 saturated heterocycles. The predicted octanol–water partition coefficient (Wildman–Crippen LogP) is 2.75. The highest BCUT2D eigenvalue weighted by Crippen LogP contribution is 2.29. The van der Waals surface area contributed by atoms with E-state index in [2.05, 4.69) is 10.3 Å². The maximum Gasteiger partial charge on any atom is 0.311 e. The largest absolute Gasteiger partial charge is 0.496 e. The lowest BCUT2D eigenvalue weighted by Gasteiger charge is -2.10. The SMILES string of the molecule is CCOC(=O)Cc1csc(NC(=O)c2cc(Cl)c(N)cc2OC)n1. The Morgan fingerprint density at radius 3 is 2.83 bits per heavy atom. The summed E-state index contributed by atoms with van der Waals surface area (Å²) in [6.07, 6.45) is 0.0528. The first-order valence-corrected chi connectivity index (χ1v) is 8.24. The maximum atomic E-state index is 12.4. The Morgan fingerprint density at radius 1 is 1.42 bits per heavy atom. The van der Waals surface area contributed by atoms with E-state index in [1.807, 2.05) is 0 Å². The van der Waals surface area contributed by atoms with Crippen molar-refractivity contribution in [3.05, 3.63) is 33.8 Å². The molecule has 2 rings (SSSR count). The summed E-state index contributed by atoms with van der Waals surface area (Å²) in [5.74, 6) is -0.504. The van der Waals surface area contributed by atoms with Crippen molar-refractivity contribution in [2.45, 2.75) is 13.3 Å². The number of amides is 1. The van der Waals surface area contributed by atoms with Crippen molar-refractivity contribution in [2.75, 3.05) is 24.8 Å². The molecule has 1 heterocycles. The summed E-state index contributed by atoms with van der Waals surface area (Å²) >= 11 is 7.16. The highest BCUT2D eigenvalue weighted by atomic mass is 35.5. The molecule has 1 aromatic heterocycles. The minimum absolute atomic E-state index is 0.0528. The quantitative estimate of drug-likeness (QED) is 0.599. The van der Waals surface area contributed by atoms with Crippen LogP contribution in [0.15, 0.2) is 17.5 Å². The summed E-state index contributed by atoms with van der Waals surface area (Å²) in [7, 11) is 1.43. The molecule has 0 aliphatic carbocycles. The summed E-state index contributed by atoms with van der Waals surface area (Å²) in [5, 5.41) is 4.93. The van der Waals surface area contributed by atoms with Crippen LogP contribution in [0.4, 0.5) is 10.8 Å². The van der Waals surface area contributed by atoms with E-state index in [9.17, 15) is 9.59 Å². The Morgan fingerprint density at radius 2 is 2.17 bits per heavy atom. The van der Waals surface area contributed by atoms with Crippen LogP contribution >= 0.6 is 22.9 Å². The van der Waals surface area contributed by atoms with Crippen LogP contribution in [0.3, 0.4) is 0 Å². The molecule has 0 spiro atoms. The van der Waals surface area contributed by atoms with Crippen LogP contribution in [0.5, 0.6) is 5.75 Å². The lowest BCUT2D eigenvalue weighted by atomic mass is 10.1. The van der Waals surface area contributed by atoms with Crippen LogP contribution < -0.4 is 15.8 Å². The molecule has 24 heavy (non-hydrogen) atoms. The molecule has 3 N–H and O–H groups in total.